The van der Waals surface area contributed by atoms with E-state index in [0.29, 0.717) is 16.5 Å². The summed E-state index contributed by atoms with van der Waals surface area (Å²) >= 11 is 11.6. The standard InChI is InChI=1S/C15H13Cl2NO3S/c16-12-5-7-14(8-6-12)22(20,21)18-15(19)9-4-11-2-1-3-13(17)10-11/h1-3,5-8,10H,4,9H2,(H,18,19). The molecule has 0 saturated heterocycles. The van der Waals surface area contributed by atoms with E-state index in [4.69, 9.17) is 23.2 Å². The van der Waals surface area contributed by atoms with Crippen LogP contribution < -0.4 is 4.72 Å². The lowest BCUT2D eigenvalue weighted by atomic mass is 10.1. The number of aryl methyl sites for hydroxylation is 1. The van der Waals surface area contributed by atoms with Crippen LogP contribution in [0.15, 0.2) is 53.4 Å². The largest absolute Gasteiger partial charge is 0.274 e. The molecule has 0 fully saturated rings. The van der Waals surface area contributed by atoms with Gasteiger partial charge in [-0.15, -0.1) is 0 Å². The van der Waals surface area contributed by atoms with Crippen molar-refractivity contribution in [2.24, 2.45) is 0 Å². The van der Waals surface area contributed by atoms with E-state index in [-0.39, 0.29) is 11.3 Å². The molecule has 0 radical (unpaired) electrons. The Morgan fingerprint density at radius 3 is 2.32 bits per heavy atom. The molecule has 0 heterocycles. The summed E-state index contributed by atoms with van der Waals surface area (Å²) in [6, 6.07) is 12.7. The Hall–Kier alpha value is -1.56. The number of amides is 1. The number of hydrogen-bond donors (Lipinski definition) is 1. The van der Waals surface area contributed by atoms with Crippen LogP contribution in [-0.2, 0) is 21.2 Å². The third-order valence-corrected chi connectivity index (χ3v) is 4.78. The molecule has 0 bridgehead atoms. The number of carbonyl (C=O) groups excluding carboxylic acids is 1. The van der Waals surface area contributed by atoms with Crippen molar-refractivity contribution >= 4 is 39.1 Å². The normalized spacial score (nSPS) is 11.2. The fourth-order valence-electron chi connectivity index (χ4n) is 1.82. The molecule has 4 nitrogen and oxygen atoms in total. The molecule has 0 spiro atoms. The zero-order valence-electron chi connectivity index (χ0n) is 11.4. The second kappa shape index (κ2) is 7.13. The van der Waals surface area contributed by atoms with Crippen LogP contribution in [0.2, 0.25) is 10.0 Å². The minimum Gasteiger partial charge on any atom is -0.274 e. The van der Waals surface area contributed by atoms with Gasteiger partial charge in [-0.2, -0.15) is 0 Å². The summed E-state index contributed by atoms with van der Waals surface area (Å²) in [5, 5.41) is 0.998. The van der Waals surface area contributed by atoms with E-state index in [1.165, 1.54) is 24.3 Å². The average Bonchev–Trinajstić information content (AvgIpc) is 2.45. The predicted octanol–water partition coefficient (Wildman–Crippen LogP) is 3.43. The lowest BCUT2D eigenvalue weighted by molar-refractivity contribution is -0.119. The number of nitrogens with one attached hydrogen (secondary N) is 1. The van der Waals surface area contributed by atoms with E-state index in [2.05, 4.69) is 0 Å². The number of hydrogen-bond acceptors (Lipinski definition) is 3. The third kappa shape index (κ3) is 4.73. The van der Waals surface area contributed by atoms with Crippen molar-refractivity contribution in [3.63, 3.8) is 0 Å². The number of carbonyl (C=O) groups is 1. The summed E-state index contributed by atoms with van der Waals surface area (Å²) < 4.78 is 26.1. The number of halogens is 2. The van der Waals surface area contributed by atoms with E-state index < -0.39 is 15.9 Å². The first-order valence-electron chi connectivity index (χ1n) is 6.42. The van der Waals surface area contributed by atoms with Gasteiger partial charge >= 0.3 is 0 Å². The molecule has 0 aliphatic heterocycles. The maximum absolute atomic E-state index is 12.0. The van der Waals surface area contributed by atoms with Crippen molar-refractivity contribution in [2.75, 3.05) is 0 Å². The molecule has 7 heteroatoms. The van der Waals surface area contributed by atoms with Gasteiger partial charge in [0.2, 0.25) is 5.91 Å². The molecule has 1 amide bonds. The van der Waals surface area contributed by atoms with E-state index in [1.54, 1.807) is 18.2 Å². The molecule has 0 aliphatic rings. The fourth-order valence-corrected chi connectivity index (χ4v) is 3.18. The molecule has 0 saturated carbocycles. The van der Waals surface area contributed by atoms with Crippen LogP contribution in [-0.4, -0.2) is 14.3 Å². The average molecular weight is 358 g/mol. The summed E-state index contributed by atoms with van der Waals surface area (Å²) in [6.07, 6.45) is 0.454. The lowest BCUT2D eigenvalue weighted by Crippen LogP contribution is -2.30. The highest BCUT2D eigenvalue weighted by molar-refractivity contribution is 7.90. The molecular formula is C15H13Cl2NO3S. The van der Waals surface area contributed by atoms with Crippen LogP contribution in [0.4, 0.5) is 0 Å². The highest BCUT2D eigenvalue weighted by Crippen LogP contribution is 2.15. The van der Waals surface area contributed by atoms with Gasteiger partial charge in [0.05, 0.1) is 4.90 Å². The second-order valence-corrected chi connectivity index (χ2v) is 7.17. The SMILES string of the molecule is O=C(CCc1cccc(Cl)c1)NS(=O)(=O)c1ccc(Cl)cc1. The van der Waals surface area contributed by atoms with Gasteiger partial charge in [-0.3, -0.25) is 4.79 Å². The van der Waals surface area contributed by atoms with Crippen LogP contribution in [0.25, 0.3) is 0 Å². The monoisotopic (exact) mass is 357 g/mol. The van der Waals surface area contributed by atoms with Gasteiger partial charge in [-0.1, -0.05) is 35.3 Å². The van der Waals surface area contributed by atoms with Crippen LogP contribution in [0.1, 0.15) is 12.0 Å². The van der Waals surface area contributed by atoms with Crippen LogP contribution in [0.3, 0.4) is 0 Å². The molecule has 2 aromatic carbocycles. The van der Waals surface area contributed by atoms with Crippen LogP contribution in [0, 0.1) is 0 Å². The van der Waals surface area contributed by atoms with Gasteiger partial charge in [0, 0.05) is 16.5 Å². The van der Waals surface area contributed by atoms with E-state index in [0.717, 1.165) is 5.56 Å². The van der Waals surface area contributed by atoms with Gasteiger partial charge < -0.3 is 0 Å². The lowest BCUT2D eigenvalue weighted by Gasteiger charge is -2.07. The molecule has 2 rings (SSSR count). The number of sulfonamides is 1. The maximum atomic E-state index is 12.0. The van der Waals surface area contributed by atoms with Gasteiger partial charge in [0.25, 0.3) is 10.0 Å². The van der Waals surface area contributed by atoms with Crippen LogP contribution >= 0.6 is 23.2 Å². The smallest absolute Gasteiger partial charge is 0.264 e. The molecule has 0 atom stereocenters. The zero-order valence-corrected chi connectivity index (χ0v) is 13.8. The second-order valence-electron chi connectivity index (χ2n) is 4.61. The quantitative estimate of drug-likeness (QED) is 0.891. The van der Waals surface area contributed by atoms with E-state index in [1.807, 2.05) is 10.8 Å². The van der Waals surface area contributed by atoms with Crippen molar-refractivity contribution in [2.45, 2.75) is 17.7 Å². The number of rotatable bonds is 5. The molecule has 116 valence electrons. The third-order valence-electron chi connectivity index (χ3n) is 2.90. The Morgan fingerprint density at radius 2 is 1.68 bits per heavy atom. The summed E-state index contributed by atoms with van der Waals surface area (Å²) in [5.74, 6) is -0.574. The van der Waals surface area contributed by atoms with E-state index >= 15 is 0 Å². The first-order valence-corrected chi connectivity index (χ1v) is 8.66. The highest BCUT2D eigenvalue weighted by Gasteiger charge is 2.17. The summed E-state index contributed by atoms with van der Waals surface area (Å²) in [4.78, 5) is 11.8. The van der Waals surface area contributed by atoms with E-state index in [9.17, 15) is 13.2 Å². The van der Waals surface area contributed by atoms with Gasteiger partial charge in [-0.05, 0) is 48.4 Å². The minimum absolute atomic E-state index is 0.00648. The molecule has 0 aromatic heterocycles. The molecular weight excluding hydrogens is 345 g/mol. The molecule has 2 aromatic rings. The predicted molar refractivity (Wildman–Crippen MR) is 86.6 cm³/mol. The van der Waals surface area contributed by atoms with Crippen LogP contribution in [0.5, 0.6) is 0 Å². The molecule has 22 heavy (non-hydrogen) atoms. The Morgan fingerprint density at radius 1 is 1.00 bits per heavy atom. The Kier molecular flexibility index (Phi) is 5.45. The Bertz CT molecular complexity index is 774. The maximum Gasteiger partial charge on any atom is 0.264 e. The zero-order chi connectivity index (χ0) is 16.2. The Labute approximate surface area is 139 Å². The molecule has 0 unspecified atom stereocenters. The number of benzene rings is 2. The summed E-state index contributed by atoms with van der Waals surface area (Å²) in [5.41, 5.74) is 0.867. The van der Waals surface area contributed by atoms with Crippen molar-refractivity contribution < 1.29 is 13.2 Å². The summed E-state index contributed by atoms with van der Waals surface area (Å²) in [7, 11) is -3.87. The fraction of sp³-hybridized carbons (Fsp3) is 0.133. The molecule has 1 N–H and O–H groups in total. The Balaban J connectivity index is 1.97. The highest BCUT2D eigenvalue weighted by atomic mass is 35.5. The summed E-state index contributed by atoms with van der Waals surface area (Å²) in [6.45, 7) is 0. The first kappa shape index (κ1) is 16.8. The van der Waals surface area contributed by atoms with Crippen molar-refractivity contribution in [1.82, 2.24) is 4.72 Å². The van der Waals surface area contributed by atoms with Gasteiger partial charge in [0.15, 0.2) is 0 Å². The minimum atomic E-state index is -3.87. The van der Waals surface area contributed by atoms with Crippen molar-refractivity contribution in [3.8, 4) is 0 Å². The topological polar surface area (TPSA) is 63.2 Å². The molecule has 0 aliphatic carbocycles. The van der Waals surface area contributed by atoms with Crippen molar-refractivity contribution in [1.29, 1.82) is 0 Å². The first-order chi connectivity index (χ1) is 10.4. The van der Waals surface area contributed by atoms with Gasteiger partial charge in [0.1, 0.15) is 0 Å². The van der Waals surface area contributed by atoms with Gasteiger partial charge in [-0.25, -0.2) is 13.1 Å². The van der Waals surface area contributed by atoms with Crippen molar-refractivity contribution in [3.05, 3.63) is 64.1 Å².